The third-order valence-corrected chi connectivity index (χ3v) is 3.76. The van der Waals surface area contributed by atoms with E-state index in [9.17, 15) is 0 Å². The van der Waals surface area contributed by atoms with Gasteiger partial charge in [-0.3, -0.25) is 0 Å². The van der Waals surface area contributed by atoms with E-state index in [-0.39, 0.29) is 0 Å². The molecule has 1 aromatic heterocycles. The summed E-state index contributed by atoms with van der Waals surface area (Å²) in [6.07, 6.45) is 0. The first-order chi connectivity index (χ1) is 8.15. The Morgan fingerprint density at radius 2 is 2.12 bits per heavy atom. The molecule has 0 saturated carbocycles. The Morgan fingerprint density at radius 1 is 1.29 bits per heavy atom. The molecule has 0 fully saturated rings. The zero-order valence-electron chi connectivity index (χ0n) is 9.96. The number of aryl methyl sites for hydroxylation is 2. The van der Waals surface area contributed by atoms with Crippen molar-refractivity contribution in [2.24, 2.45) is 0 Å². The molecule has 0 atom stereocenters. The molecule has 1 heterocycles. The number of nitrogens with one attached hydrogen (secondary N) is 1. The fourth-order valence-corrected chi connectivity index (χ4v) is 2.61. The highest BCUT2D eigenvalue weighted by atomic mass is 35.5. The number of hydrogen-bond acceptors (Lipinski definition) is 3. The van der Waals surface area contributed by atoms with Gasteiger partial charge >= 0.3 is 0 Å². The van der Waals surface area contributed by atoms with E-state index in [1.54, 1.807) is 11.3 Å². The second-order valence-electron chi connectivity index (χ2n) is 4.06. The number of aromatic nitrogens is 1. The monoisotopic (exact) mass is 266 g/mol. The zero-order chi connectivity index (χ0) is 12.3. The Hall–Kier alpha value is -0.900. The van der Waals surface area contributed by atoms with Crippen LogP contribution in [0.4, 0.5) is 0 Å². The van der Waals surface area contributed by atoms with E-state index in [1.165, 1.54) is 11.1 Å². The van der Waals surface area contributed by atoms with E-state index < -0.39 is 0 Å². The Balaban J connectivity index is 1.90. The lowest BCUT2D eigenvalue weighted by Gasteiger charge is -2.06. The van der Waals surface area contributed by atoms with Crippen molar-refractivity contribution < 1.29 is 0 Å². The fourth-order valence-electron chi connectivity index (χ4n) is 1.65. The lowest BCUT2D eigenvalue weighted by molar-refractivity contribution is 0.686. The molecule has 0 aliphatic heterocycles. The van der Waals surface area contributed by atoms with Crippen LogP contribution in [0.15, 0.2) is 23.6 Å². The summed E-state index contributed by atoms with van der Waals surface area (Å²) in [6, 6.07) is 5.99. The fraction of sp³-hybridized carbons (Fsp3) is 0.308. The molecule has 0 spiro atoms. The largest absolute Gasteiger partial charge is 0.306 e. The summed E-state index contributed by atoms with van der Waals surface area (Å²) >= 11 is 7.62. The second-order valence-corrected chi connectivity index (χ2v) is 5.44. The van der Waals surface area contributed by atoms with Gasteiger partial charge in [0.05, 0.1) is 0 Å². The minimum atomic E-state index is 0.793. The number of halogens is 1. The van der Waals surface area contributed by atoms with Crippen molar-refractivity contribution in [3.05, 3.63) is 50.4 Å². The quantitative estimate of drug-likeness (QED) is 0.913. The van der Waals surface area contributed by atoms with Crippen LogP contribution in [-0.2, 0) is 13.1 Å². The first-order valence-corrected chi connectivity index (χ1v) is 6.77. The van der Waals surface area contributed by atoms with Crippen molar-refractivity contribution in [3.63, 3.8) is 0 Å². The number of nitrogens with zero attached hydrogens (tertiary/aromatic N) is 1. The van der Waals surface area contributed by atoms with Gasteiger partial charge in [-0.2, -0.15) is 0 Å². The Kier molecular flexibility index (Phi) is 4.15. The maximum atomic E-state index is 5.92. The van der Waals surface area contributed by atoms with Crippen molar-refractivity contribution in [1.82, 2.24) is 10.3 Å². The highest BCUT2D eigenvalue weighted by Crippen LogP contribution is 2.15. The van der Waals surface area contributed by atoms with E-state index >= 15 is 0 Å². The van der Waals surface area contributed by atoms with Gasteiger partial charge in [-0.25, -0.2) is 4.98 Å². The van der Waals surface area contributed by atoms with Gasteiger partial charge in [0.15, 0.2) is 0 Å². The minimum Gasteiger partial charge on any atom is -0.306 e. The van der Waals surface area contributed by atoms with Crippen molar-refractivity contribution in [2.45, 2.75) is 26.9 Å². The minimum absolute atomic E-state index is 0.793. The van der Waals surface area contributed by atoms with E-state index in [0.29, 0.717) is 0 Å². The van der Waals surface area contributed by atoms with Crippen molar-refractivity contribution in [2.75, 3.05) is 0 Å². The van der Waals surface area contributed by atoms with Crippen LogP contribution in [0.5, 0.6) is 0 Å². The van der Waals surface area contributed by atoms with E-state index in [1.807, 2.05) is 19.1 Å². The first-order valence-electron chi connectivity index (χ1n) is 5.52. The zero-order valence-corrected chi connectivity index (χ0v) is 11.5. The molecule has 0 amide bonds. The van der Waals surface area contributed by atoms with E-state index in [2.05, 4.69) is 28.7 Å². The van der Waals surface area contributed by atoms with Crippen LogP contribution in [0.3, 0.4) is 0 Å². The summed E-state index contributed by atoms with van der Waals surface area (Å²) in [5, 5.41) is 7.40. The Bertz CT molecular complexity index is 508. The average molecular weight is 267 g/mol. The number of thiazole rings is 1. The lowest BCUT2D eigenvalue weighted by Crippen LogP contribution is -2.13. The normalized spacial score (nSPS) is 10.8. The van der Waals surface area contributed by atoms with Crippen molar-refractivity contribution in [1.29, 1.82) is 0 Å². The van der Waals surface area contributed by atoms with Gasteiger partial charge in [0.25, 0.3) is 0 Å². The standard InChI is InChI=1S/C13H15ClN2S/c1-9-5-12(14)4-3-11(9)6-15-7-13-16-10(2)8-17-13/h3-5,8,15H,6-7H2,1-2H3. The van der Waals surface area contributed by atoms with Crippen LogP contribution < -0.4 is 5.32 Å². The van der Waals surface area contributed by atoms with Crippen LogP contribution in [0.25, 0.3) is 0 Å². The third kappa shape index (κ3) is 3.53. The summed E-state index contributed by atoms with van der Waals surface area (Å²) < 4.78 is 0. The summed E-state index contributed by atoms with van der Waals surface area (Å²) in [6.45, 7) is 5.77. The molecule has 90 valence electrons. The molecule has 0 aliphatic carbocycles. The molecule has 0 saturated heterocycles. The molecule has 2 rings (SSSR count). The van der Waals surface area contributed by atoms with Crippen LogP contribution in [0, 0.1) is 13.8 Å². The molecule has 0 radical (unpaired) electrons. The molecule has 4 heteroatoms. The van der Waals surface area contributed by atoms with E-state index in [4.69, 9.17) is 11.6 Å². The van der Waals surface area contributed by atoms with Crippen LogP contribution in [0.2, 0.25) is 5.02 Å². The Labute approximate surface area is 111 Å². The molecule has 1 aromatic carbocycles. The average Bonchev–Trinajstić information content (AvgIpc) is 2.68. The number of hydrogen-bond donors (Lipinski definition) is 1. The Morgan fingerprint density at radius 3 is 2.76 bits per heavy atom. The molecular formula is C13H15ClN2S. The second kappa shape index (κ2) is 5.63. The van der Waals surface area contributed by atoms with E-state index in [0.717, 1.165) is 28.8 Å². The maximum absolute atomic E-state index is 5.92. The highest BCUT2D eigenvalue weighted by molar-refractivity contribution is 7.09. The van der Waals surface area contributed by atoms with Gasteiger partial charge in [0.2, 0.25) is 0 Å². The molecular weight excluding hydrogens is 252 g/mol. The number of rotatable bonds is 4. The highest BCUT2D eigenvalue weighted by Gasteiger charge is 2.01. The third-order valence-electron chi connectivity index (χ3n) is 2.56. The smallest absolute Gasteiger partial charge is 0.107 e. The van der Waals surface area contributed by atoms with Gasteiger partial charge in [-0.15, -0.1) is 11.3 Å². The molecule has 0 unspecified atom stereocenters. The summed E-state index contributed by atoms with van der Waals surface area (Å²) in [5.74, 6) is 0. The predicted molar refractivity (Wildman–Crippen MR) is 73.6 cm³/mol. The maximum Gasteiger partial charge on any atom is 0.107 e. The number of benzene rings is 1. The first kappa shape index (κ1) is 12.6. The van der Waals surface area contributed by atoms with Crippen LogP contribution in [-0.4, -0.2) is 4.98 Å². The van der Waals surface area contributed by atoms with Crippen LogP contribution >= 0.6 is 22.9 Å². The van der Waals surface area contributed by atoms with Gasteiger partial charge in [-0.1, -0.05) is 17.7 Å². The molecule has 0 bridgehead atoms. The predicted octanol–water partition coefficient (Wildman–Crippen LogP) is 3.70. The molecule has 1 N–H and O–H groups in total. The van der Waals surface area contributed by atoms with Crippen molar-refractivity contribution in [3.8, 4) is 0 Å². The summed E-state index contributed by atoms with van der Waals surface area (Å²) in [7, 11) is 0. The van der Waals surface area contributed by atoms with Gasteiger partial charge < -0.3 is 5.32 Å². The molecule has 0 aliphatic rings. The molecule has 2 aromatic rings. The topological polar surface area (TPSA) is 24.9 Å². The summed E-state index contributed by atoms with van der Waals surface area (Å²) in [5.41, 5.74) is 3.59. The van der Waals surface area contributed by atoms with Gasteiger partial charge in [-0.05, 0) is 37.1 Å². The summed E-state index contributed by atoms with van der Waals surface area (Å²) in [4.78, 5) is 4.41. The van der Waals surface area contributed by atoms with Gasteiger partial charge in [0, 0.05) is 29.2 Å². The SMILES string of the molecule is Cc1csc(CNCc2ccc(Cl)cc2C)n1. The van der Waals surface area contributed by atoms with Crippen LogP contribution in [0.1, 0.15) is 21.8 Å². The van der Waals surface area contributed by atoms with Crippen molar-refractivity contribution >= 4 is 22.9 Å². The lowest BCUT2D eigenvalue weighted by atomic mass is 10.1. The molecule has 17 heavy (non-hydrogen) atoms. The molecule has 2 nitrogen and oxygen atoms in total. The van der Waals surface area contributed by atoms with Gasteiger partial charge in [0.1, 0.15) is 5.01 Å².